The van der Waals surface area contributed by atoms with Gasteiger partial charge in [-0.15, -0.1) is 0 Å². The molecule has 0 amide bonds. The quantitative estimate of drug-likeness (QED) is 0.802. The van der Waals surface area contributed by atoms with E-state index < -0.39 is 0 Å². The van der Waals surface area contributed by atoms with Crippen molar-refractivity contribution in [2.24, 2.45) is 5.92 Å². The molecule has 0 spiro atoms. The summed E-state index contributed by atoms with van der Waals surface area (Å²) >= 11 is 0. The molecule has 1 saturated heterocycles. The Morgan fingerprint density at radius 2 is 1.94 bits per heavy atom. The molecule has 0 radical (unpaired) electrons. The zero-order valence-electron chi connectivity index (χ0n) is 12.3. The molecule has 3 atom stereocenters. The minimum Gasteiger partial charge on any atom is -0.378 e. The van der Waals surface area contributed by atoms with Crippen molar-refractivity contribution in [2.45, 2.75) is 89.8 Å². The molecule has 2 heteroatoms. The molecule has 0 aromatic rings. The van der Waals surface area contributed by atoms with E-state index in [-0.39, 0.29) is 0 Å². The average Bonchev–Trinajstić information content (AvgIpc) is 2.40. The lowest BCUT2D eigenvalue weighted by Crippen LogP contribution is -2.46. The van der Waals surface area contributed by atoms with Gasteiger partial charge < -0.3 is 10.1 Å². The van der Waals surface area contributed by atoms with Crippen LogP contribution in [-0.4, -0.2) is 24.8 Å². The van der Waals surface area contributed by atoms with Crippen molar-refractivity contribution in [1.82, 2.24) is 5.32 Å². The third-order valence-electron chi connectivity index (χ3n) is 4.83. The Labute approximate surface area is 113 Å². The first-order chi connectivity index (χ1) is 8.79. The van der Waals surface area contributed by atoms with Gasteiger partial charge in [0.2, 0.25) is 0 Å². The smallest absolute Gasteiger partial charge is 0.0589 e. The molecule has 1 heterocycles. The van der Waals surface area contributed by atoms with Crippen molar-refractivity contribution >= 4 is 0 Å². The Morgan fingerprint density at radius 3 is 2.67 bits per heavy atom. The van der Waals surface area contributed by atoms with Crippen LogP contribution in [0.5, 0.6) is 0 Å². The maximum Gasteiger partial charge on any atom is 0.0589 e. The molecule has 1 aliphatic heterocycles. The Balaban J connectivity index is 1.73. The average molecular weight is 253 g/mol. The van der Waals surface area contributed by atoms with Crippen molar-refractivity contribution < 1.29 is 4.74 Å². The third kappa shape index (κ3) is 4.24. The summed E-state index contributed by atoms with van der Waals surface area (Å²) < 4.78 is 5.84. The first-order valence-corrected chi connectivity index (χ1v) is 8.17. The molecule has 2 unspecified atom stereocenters. The summed E-state index contributed by atoms with van der Waals surface area (Å²) in [5, 5.41) is 3.90. The minimum atomic E-state index is 0.514. The lowest BCUT2D eigenvalue weighted by Gasteiger charge is -2.35. The van der Waals surface area contributed by atoms with Gasteiger partial charge in [0, 0.05) is 18.7 Å². The van der Waals surface area contributed by atoms with Crippen LogP contribution in [-0.2, 0) is 4.74 Å². The summed E-state index contributed by atoms with van der Waals surface area (Å²) in [6, 6.07) is 1.41. The van der Waals surface area contributed by atoms with E-state index in [1.807, 2.05) is 0 Å². The van der Waals surface area contributed by atoms with Gasteiger partial charge in [-0.3, -0.25) is 0 Å². The lowest BCUT2D eigenvalue weighted by molar-refractivity contribution is -0.00628. The van der Waals surface area contributed by atoms with Gasteiger partial charge in [-0.05, 0) is 44.9 Å². The van der Waals surface area contributed by atoms with Crippen LogP contribution < -0.4 is 5.32 Å². The molecule has 106 valence electrons. The SMILES string of the molecule is CCCC1CC(N[C@H](C)C2CCCCC2)CCO1. The van der Waals surface area contributed by atoms with E-state index in [0.29, 0.717) is 18.2 Å². The van der Waals surface area contributed by atoms with Crippen LogP contribution in [0.4, 0.5) is 0 Å². The Morgan fingerprint density at radius 1 is 1.17 bits per heavy atom. The molecule has 0 aromatic heterocycles. The van der Waals surface area contributed by atoms with Crippen molar-refractivity contribution in [3.05, 3.63) is 0 Å². The van der Waals surface area contributed by atoms with E-state index in [1.165, 1.54) is 57.8 Å². The van der Waals surface area contributed by atoms with Gasteiger partial charge in [-0.25, -0.2) is 0 Å². The summed E-state index contributed by atoms with van der Waals surface area (Å²) in [6.07, 6.45) is 12.7. The number of hydrogen-bond acceptors (Lipinski definition) is 2. The second-order valence-electron chi connectivity index (χ2n) is 6.36. The highest BCUT2D eigenvalue weighted by Gasteiger charge is 2.26. The molecule has 2 rings (SSSR count). The standard InChI is InChI=1S/C16H31NO/c1-3-7-16-12-15(10-11-18-16)17-13(2)14-8-5-4-6-9-14/h13-17H,3-12H2,1-2H3/t13-,15?,16?/m1/s1. The molecule has 2 nitrogen and oxygen atoms in total. The molecule has 18 heavy (non-hydrogen) atoms. The van der Waals surface area contributed by atoms with Gasteiger partial charge in [0.05, 0.1) is 6.10 Å². The number of ether oxygens (including phenoxy) is 1. The molecule has 1 N–H and O–H groups in total. The zero-order chi connectivity index (χ0) is 12.8. The molecule has 2 aliphatic rings. The van der Waals surface area contributed by atoms with Gasteiger partial charge in [0.1, 0.15) is 0 Å². The summed E-state index contributed by atoms with van der Waals surface area (Å²) in [7, 11) is 0. The Hall–Kier alpha value is -0.0800. The van der Waals surface area contributed by atoms with E-state index in [9.17, 15) is 0 Å². The highest BCUT2D eigenvalue weighted by Crippen LogP contribution is 2.27. The van der Waals surface area contributed by atoms with Crippen LogP contribution in [0, 0.1) is 5.92 Å². The number of rotatable bonds is 5. The monoisotopic (exact) mass is 253 g/mol. The highest BCUT2D eigenvalue weighted by atomic mass is 16.5. The molecule has 2 fully saturated rings. The van der Waals surface area contributed by atoms with Crippen molar-refractivity contribution in [3.8, 4) is 0 Å². The zero-order valence-corrected chi connectivity index (χ0v) is 12.3. The fraction of sp³-hybridized carbons (Fsp3) is 1.00. The first kappa shape index (κ1) is 14.3. The van der Waals surface area contributed by atoms with Gasteiger partial charge in [-0.2, -0.15) is 0 Å². The maximum atomic E-state index is 5.84. The lowest BCUT2D eigenvalue weighted by atomic mass is 9.84. The van der Waals surface area contributed by atoms with Gasteiger partial charge >= 0.3 is 0 Å². The predicted molar refractivity (Wildman–Crippen MR) is 76.8 cm³/mol. The predicted octanol–water partition coefficient (Wildman–Crippen LogP) is 3.89. The van der Waals surface area contributed by atoms with Crippen LogP contribution in [0.1, 0.15) is 71.6 Å². The maximum absolute atomic E-state index is 5.84. The van der Waals surface area contributed by atoms with Crippen molar-refractivity contribution in [2.75, 3.05) is 6.61 Å². The Kier molecular flexibility index (Phi) is 5.97. The molecule has 0 aromatic carbocycles. The van der Waals surface area contributed by atoms with Crippen LogP contribution in [0.15, 0.2) is 0 Å². The normalized spacial score (nSPS) is 32.3. The van der Waals surface area contributed by atoms with E-state index in [0.717, 1.165) is 12.5 Å². The van der Waals surface area contributed by atoms with Crippen LogP contribution >= 0.6 is 0 Å². The van der Waals surface area contributed by atoms with E-state index in [1.54, 1.807) is 0 Å². The van der Waals surface area contributed by atoms with Crippen molar-refractivity contribution in [1.29, 1.82) is 0 Å². The van der Waals surface area contributed by atoms with Gasteiger partial charge in [0.15, 0.2) is 0 Å². The molecular weight excluding hydrogens is 222 g/mol. The second kappa shape index (κ2) is 7.49. The molecular formula is C16H31NO. The fourth-order valence-electron chi connectivity index (χ4n) is 3.70. The summed E-state index contributed by atoms with van der Waals surface area (Å²) in [4.78, 5) is 0. The van der Waals surface area contributed by atoms with E-state index >= 15 is 0 Å². The van der Waals surface area contributed by atoms with Gasteiger partial charge in [-0.1, -0.05) is 32.6 Å². The van der Waals surface area contributed by atoms with Gasteiger partial charge in [0.25, 0.3) is 0 Å². The summed E-state index contributed by atoms with van der Waals surface area (Å²) in [6.45, 7) is 5.62. The van der Waals surface area contributed by atoms with E-state index in [2.05, 4.69) is 19.2 Å². The van der Waals surface area contributed by atoms with Crippen LogP contribution in [0.2, 0.25) is 0 Å². The molecule has 0 bridgehead atoms. The molecule has 1 saturated carbocycles. The topological polar surface area (TPSA) is 21.3 Å². The molecule has 1 aliphatic carbocycles. The van der Waals surface area contributed by atoms with Crippen LogP contribution in [0.25, 0.3) is 0 Å². The number of nitrogens with one attached hydrogen (secondary N) is 1. The van der Waals surface area contributed by atoms with Crippen LogP contribution in [0.3, 0.4) is 0 Å². The number of hydrogen-bond donors (Lipinski definition) is 1. The first-order valence-electron chi connectivity index (χ1n) is 8.17. The Bertz CT molecular complexity index is 223. The summed E-state index contributed by atoms with van der Waals surface area (Å²) in [5.74, 6) is 0.922. The summed E-state index contributed by atoms with van der Waals surface area (Å²) in [5.41, 5.74) is 0. The van der Waals surface area contributed by atoms with Crippen molar-refractivity contribution in [3.63, 3.8) is 0 Å². The third-order valence-corrected chi connectivity index (χ3v) is 4.83. The second-order valence-corrected chi connectivity index (χ2v) is 6.36. The largest absolute Gasteiger partial charge is 0.378 e. The fourth-order valence-corrected chi connectivity index (χ4v) is 3.70. The highest BCUT2D eigenvalue weighted by molar-refractivity contribution is 4.83. The minimum absolute atomic E-state index is 0.514. The van der Waals surface area contributed by atoms with E-state index in [4.69, 9.17) is 4.74 Å².